The molecular weight excluding hydrogens is 390 g/mol. The van der Waals surface area contributed by atoms with Gasteiger partial charge >= 0.3 is 5.97 Å². The molecule has 2 aromatic rings. The number of aryl methyl sites for hydroxylation is 1. The summed E-state index contributed by atoms with van der Waals surface area (Å²) in [7, 11) is 0. The first kappa shape index (κ1) is 24.7. The normalized spacial score (nSPS) is 13.1. The molecule has 5 nitrogen and oxygen atoms in total. The van der Waals surface area contributed by atoms with Gasteiger partial charge in [-0.05, 0) is 54.5 Å². The number of aliphatic carboxylic acids is 1. The minimum Gasteiger partial charge on any atom is -0.492 e. The first-order valence-corrected chi connectivity index (χ1v) is 11.1. The topological polar surface area (TPSA) is 75.6 Å². The standard InChI is InChI=1S/C26H37NO4/c1-8-26(6,7)22(24(29)30)27-23(28)19-13-12-18-11-10-17(2)16-20(18)21(19)31-15-9-14-25(3,4)5/h10-13,16,22H,8-9,14-15H2,1-7H3,(H,27,28)(H,29,30)/t22-/m1/s1. The summed E-state index contributed by atoms with van der Waals surface area (Å²) in [4.78, 5) is 25.1. The maximum Gasteiger partial charge on any atom is 0.326 e. The Labute approximate surface area is 186 Å². The summed E-state index contributed by atoms with van der Waals surface area (Å²) >= 11 is 0. The van der Waals surface area contributed by atoms with E-state index < -0.39 is 23.3 Å². The van der Waals surface area contributed by atoms with Crippen LogP contribution in [0.15, 0.2) is 30.3 Å². The zero-order valence-corrected chi connectivity index (χ0v) is 20.0. The fourth-order valence-electron chi connectivity index (χ4n) is 3.52. The number of carboxylic acids is 1. The third-order valence-corrected chi connectivity index (χ3v) is 5.90. The summed E-state index contributed by atoms with van der Waals surface area (Å²) in [5.74, 6) is -0.946. The maximum absolute atomic E-state index is 13.2. The summed E-state index contributed by atoms with van der Waals surface area (Å²) in [5, 5.41) is 14.3. The van der Waals surface area contributed by atoms with Crippen LogP contribution in [0.1, 0.15) is 76.7 Å². The molecule has 0 saturated carbocycles. The SMILES string of the molecule is CCC(C)(C)[C@H](NC(=O)c1ccc2ccc(C)cc2c1OCCCC(C)(C)C)C(=O)O. The number of carbonyl (C=O) groups is 2. The van der Waals surface area contributed by atoms with Crippen molar-refractivity contribution in [1.29, 1.82) is 0 Å². The molecule has 31 heavy (non-hydrogen) atoms. The Kier molecular flexibility index (Phi) is 7.74. The van der Waals surface area contributed by atoms with E-state index in [4.69, 9.17) is 4.74 Å². The molecule has 5 heteroatoms. The van der Waals surface area contributed by atoms with Crippen LogP contribution >= 0.6 is 0 Å². The minimum atomic E-state index is -1.04. The molecule has 0 aliphatic heterocycles. The lowest BCUT2D eigenvalue weighted by atomic mass is 9.81. The number of carboxylic acid groups (broad SMARTS) is 1. The summed E-state index contributed by atoms with van der Waals surface area (Å²) in [6.45, 7) is 14.7. The first-order chi connectivity index (χ1) is 14.4. The Morgan fingerprint density at radius 3 is 2.32 bits per heavy atom. The molecule has 2 aromatic carbocycles. The Bertz CT molecular complexity index is 940. The number of benzene rings is 2. The zero-order chi connectivity index (χ0) is 23.4. The molecule has 1 amide bonds. The van der Waals surface area contributed by atoms with Crippen molar-refractivity contribution in [1.82, 2.24) is 5.32 Å². The molecular formula is C26H37NO4. The molecule has 0 bridgehead atoms. The Hall–Kier alpha value is -2.56. The van der Waals surface area contributed by atoms with E-state index in [0.717, 1.165) is 29.2 Å². The van der Waals surface area contributed by atoms with E-state index in [1.807, 2.05) is 52.0 Å². The van der Waals surface area contributed by atoms with Gasteiger partial charge in [0.1, 0.15) is 11.8 Å². The quantitative estimate of drug-likeness (QED) is 0.483. The molecule has 0 aromatic heterocycles. The number of ether oxygens (including phenoxy) is 1. The predicted molar refractivity (Wildman–Crippen MR) is 126 cm³/mol. The van der Waals surface area contributed by atoms with Gasteiger partial charge in [0.2, 0.25) is 0 Å². The van der Waals surface area contributed by atoms with Crippen molar-refractivity contribution < 1.29 is 19.4 Å². The van der Waals surface area contributed by atoms with Gasteiger partial charge < -0.3 is 15.2 Å². The summed E-state index contributed by atoms with van der Waals surface area (Å²) in [5.41, 5.74) is 1.06. The lowest BCUT2D eigenvalue weighted by Gasteiger charge is -2.31. The van der Waals surface area contributed by atoms with E-state index >= 15 is 0 Å². The van der Waals surface area contributed by atoms with Crippen LogP contribution in [-0.4, -0.2) is 29.6 Å². The van der Waals surface area contributed by atoms with Crippen molar-refractivity contribution in [3.8, 4) is 5.75 Å². The van der Waals surface area contributed by atoms with Gasteiger partial charge in [-0.1, -0.05) is 65.3 Å². The minimum absolute atomic E-state index is 0.208. The van der Waals surface area contributed by atoms with E-state index in [9.17, 15) is 14.7 Å². The van der Waals surface area contributed by atoms with Gasteiger partial charge in [0, 0.05) is 5.39 Å². The highest BCUT2D eigenvalue weighted by atomic mass is 16.5. The van der Waals surface area contributed by atoms with E-state index in [-0.39, 0.29) is 5.41 Å². The molecule has 0 fully saturated rings. The third kappa shape index (κ3) is 6.46. The van der Waals surface area contributed by atoms with E-state index in [0.29, 0.717) is 24.3 Å². The second kappa shape index (κ2) is 9.71. The van der Waals surface area contributed by atoms with Crippen molar-refractivity contribution in [2.24, 2.45) is 10.8 Å². The van der Waals surface area contributed by atoms with Crippen LogP contribution in [0.3, 0.4) is 0 Å². The average molecular weight is 428 g/mol. The van der Waals surface area contributed by atoms with Crippen LogP contribution in [0.5, 0.6) is 5.75 Å². The molecule has 0 unspecified atom stereocenters. The van der Waals surface area contributed by atoms with Crippen molar-refractivity contribution in [2.45, 2.75) is 73.8 Å². The highest BCUT2D eigenvalue weighted by Gasteiger charge is 2.35. The highest BCUT2D eigenvalue weighted by Crippen LogP contribution is 2.33. The van der Waals surface area contributed by atoms with Crippen LogP contribution < -0.4 is 10.1 Å². The van der Waals surface area contributed by atoms with Crippen LogP contribution in [0.25, 0.3) is 10.8 Å². The van der Waals surface area contributed by atoms with Crippen molar-refractivity contribution in [2.75, 3.05) is 6.61 Å². The Balaban J connectivity index is 2.41. The van der Waals surface area contributed by atoms with Gasteiger partial charge in [-0.25, -0.2) is 4.79 Å². The predicted octanol–water partition coefficient (Wildman–Crippen LogP) is 5.97. The molecule has 0 radical (unpaired) electrons. The number of carbonyl (C=O) groups excluding carboxylic acids is 1. The van der Waals surface area contributed by atoms with Crippen molar-refractivity contribution >= 4 is 22.6 Å². The van der Waals surface area contributed by atoms with E-state index in [1.54, 1.807) is 6.07 Å². The molecule has 170 valence electrons. The van der Waals surface area contributed by atoms with Crippen LogP contribution in [-0.2, 0) is 4.79 Å². The Morgan fingerprint density at radius 1 is 1.10 bits per heavy atom. The second-order valence-electron chi connectivity index (χ2n) is 10.3. The monoisotopic (exact) mass is 427 g/mol. The number of rotatable bonds is 9. The van der Waals surface area contributed by atoms with Crippen molar-refractivity contribution in [3.05, 3.63) is 41.5 Å². The number of hydrogen-bond acceptors (Lipinski definition) is 3. The van der Waals surface area contributed by atoms with Gasteiger partial charge in [0.25, 0.3) is 5.91 Å². The molecule has 0 aliphatic rings. The van der Waals surface area contributed by atoms with E-state index in [1.165, 1.54) is 0 Å². The smallest absolute Gasteiger partial charge is 0.326 e. The van der Waals surface area contributed by atoms with E-state index in [2.05, 4.69) is 26.1 Å². The second-order valence-corrected chi connectivity index (χ2v) is 10.3. The lowest BCUT2D eigenvalue weighted by molar-refractivity contribution is -0.142. The van der Waals surface area contributed by atoms with Gasteiger partial charge in [-0.3, -0.25) is 4.79 Å². The van der Waals surface area contributed by atoms with Gasteiger partial charge in [-0.15, -0.1) is 0 Å². The molecule has 0 saturated heterocycles. The summed E-state index contributed by atoms with van der Waals surface area (Å²) in [6, 6.07) is 8.66. The third-order valence-electron chi connectivity index (χ3n) is 5.90. The maximum atomic E-state index is 13.2. The molecule has 1 atom stereocenters. The van der Waals surface area contributed by atoms with Gasteiger partial charge in [0.05, 0.1) is 12.2 Å². The Morgan fingerprint density at radius 2 is 1.74 bits per heavy atom. The average Bonchev–Trinajstić information content (AvgIpc) is 2.67. The molecule has 2 rings (SSSR count). The lowest BCUT2D eigenvalue weighted by Crippen LogP contribution is -2.50. The number of nitrogens with one attached hydrogen (secondary N) is 1. The fourth-order valence-corrected chi connectivity index (χ4v) is 3.52. The largest absolute Gasteiger partial charge is 0.492 e. The van der Waals surface area contributed by atoms with Crippen LogP contribution in [0, 0.1) is 17.8 Å². The molecule has 0 aliphatic carbocycles. The molecule has 0 spiro atoms. The first-order valence-electron chi connectivity index (χ1n) is 11.1. The molecule has 0 heterocycles. The number of fused-ring (bicyclic) bond motifs is 1. The summed E-state index contributed by atoms with van der Waals surface area (Å²) in [6.07, 6.45) is 2.49. The zero-order valence-electron chi connectivity index (χ0n) is 20.0. The summed E-state index contributed by atoms with van der Waals surface area (Å²) < 4.78 is 6.17. The number of amides is 1. The molecule has 2 N–H and O–H groups in total. The van der Waals surface area contributed by atoms with Crippen LogP contribution in [0.4, 0.5) is 0 Å². The van der Waals surface area contributed by atoms with Crippen molar-refractivity contribution in [3.63, 3.8) is 0 Å². The van der Waals surface area contributed by atoms with Gasteiger partial charge in [-0.2, -0.15) is 0 Å². The highest BCUT2D eigenvalue weighted by molar-refractivity contribution is 6.05. The number of hydrogen-bond donors (Lipinski definition) is 2. The fraction of sp³-hybridized carbons (Fsp3) is 0.538. The van der Waals surface area contributed by atoms with Gasteiger partial charge in [0.15, 0.2) is 0 Å². The van der Waals surface area contributed by atoms with Crippen LogP contribution in [0.2, 0.25) is 0 Å².